The lowest BCUT2D eigenvalue weighted by molar-refractivity contribution is -0.925. The third-order valence-electron chi connectivity index (χ3n) is 6.09. The molecule has 172 valence electrons. The number of benzene rings is 2. The van der Waals surface area contributed by atoms with Crippen molar-refractivity contribution in [3.63, 3.8) is 0 Å². The van der Waals surface area contributed by atoms with Gasteiger partial charge in [0.15, 0.2) is 0 Å². The molecule has 1 heterocycles. The van der Waals surface area contributed by atoms with Gasteiger partial charge < -0.3 is 0 Å². The van der Waals surface area contributed by atoms with Gasteiger partial charge in [0, 0.05) is 6.92 Å². The fraction of sp³-hybridized carbons (Fsp3) is 0.440. The molecule has 0 bridgehead atoms. The minimum atomic E-state index is -3.61. The molecule has 32 heavy (non-hydrogen) atoms. The molecule has 2 aromatic carbocycles. The van der Waals surface area contributed by atoms with Gasteiger partial charge in [-0.15, -0.1) is 4.59 Å². The largest absolute Gasteiger partial charge is 0.346 e. The number of unbranched alkanes of at least 4 members (excludes halogenated alkanes) is 4. The van der Waals surface area contributed by atoms with E-state index in [1.54, 1.807) is 24.3 Å². The SMILES string of the molecule is CC(=O)N[N+]1(CCCCCCCc2ccccc2)C(=O)CC1S(=O)(=O)Cc1ccccc1. The van der Waals surface area contributed by atoms with Gasteiger partial charge in [-0.1, -0.05) is 73.5 Å². The summed E-state index contributed by atoms with van der Waals surface area (Å²) in [4.78, 5) is 24.5. The van der Waals surface area contributed by atoms with E-state index in [2.05, 4.69) is 17.6 Å². The lowest BCUT2D eigenvalue weighted by Crippen LogP contribution is -2.78. The fourth-order valence-electron chi connectivity index (χ4n) is 4.43. The van der Waals surface area contributed by atoms with Crippen molar-refractivity contribution in [3.8, 4) is 0 Å². The van der Waals surface area contributed by atoms with E-state index in [4.69, 9.17) is 0 Å². The molecule has 2 amide bonds. The summed E-state index contributed by atoms with van der Waals surface area (Å²) < 4.78 is 25.8. The number of sulfone groups is 1. The van der Waals surface area contributed by atoms with Crippen molar-refractivity contribution in [2.24, 2.45) is 0 Å². The first-order valence-electron chi connectivity index (χ1n) is 11.3. The van der Waals surface area contributed by atoms with Gasteiger partial charge in [0.1, 0.15) is 13.0 Å². The van der Waals surface area contributed by atoms with Gasteiger partial charge in [0.05, 0.1) is 5.75 Å². The zero-order valence-electron chi connectivity index (χ0n) is 18.7. The van der Waals surface area contributed by atoms with Crippen LogP contribution in [0.4, 0.5) is 0 Å². The van der Waals surface area contributed by atoms with E-state index < -0.39 is 19.8 Å². The number of aryl methyl sites for hydroxylation is 1. The highest BCUT2D eigenvalue weighted by Gasteiger charge is 2.62. The number of nitrogens with one attached hydrogen (secondary N) is 1. The number of amides is 2. The average molecular weight is 458 g/mol. The van der Waals surface area contributed by atoms with Crippen LogP contribution in [0.5, 0.6) is 0 Å². The molecule has 1 aliphatic heterocycles. The van der Waals surface area contributed by atoms with Crippen LogP contribution in [0, 0.1) is 0 Å². The van der Waals surface area contributed by atoms with Crippen LogP contribution in [-0.4, -0.2) is 36.7 Å². The topological polar surface area (TPSA) is 80.3 Å². The lowest BCUT2D eigenvalue weighted by Gasteiger charge is -2.46. The average Bonchev–Trinajstić information content (AvgIpc) is 2.76. The molecule has 0 aromatic heterocycles. The van der Waals surface area contributed by atoms with Gasteiger partial charge in [-0.25, -0.2) is 13.2 Å². The maximum atomic E-state index is 13.1. The van der Waals surface area contributed by atoms with Crippen molar-refractivity contribution in [2.45, 2.75) is 63.0 Å². The molecule has 3 rings (SSSR count). The summed E-state index contributed by atoms with van der Waals surface area (Å²) in [6.45, 7) is 1.64. The Morgan fingerprint density at radius 1 is 0.906 bits per heavy atom. The molecule has 2 atom stereocenters. The van der Waals surface area contributed by atoms with E-state index in [-0.39, 0.29) is 24.0 Å². The zero-order chi connectivity index (χ0) is 23.0. The Morgan fingerprint density at radius 3 is 2.06 bits per heavy atom. The second-order valence-electron chi connectivity index (χ2n) is 8.61. The van der Waals surface area contributed by atoms with Gasteiger partial charge in [0.2, 0.25) is 15.2 Å². The Labute approximate surface area is 191 Å². The molecule has 1 saturated heterocycles. The number of nitrogens with zero attached hydrogens (tertiary/aromatic N) is 1. The normalized spacial score (nSPS) is 20.5. The highest BCUT2D eigenvalue weighted by molar-refractivity contribution is 7.91. The van der Waals surface area contributed by atoms with Crippen molar-refractivity contribution < 1.29 is 22.6 Å². The summed E-state index contributed by atoms with van der Waals surface area (Å²) in [6.07, 6.45) is 5.78. The Bertz CT molecular complexity index is 1010. The van der Waals surface area contributed by atoms with Gasteiger partial charge in [-0.2, -0.15) is 5.43 Å². The number of rotatable bonds is 12. The van der Waals surface area contributed by atoms with E-state index in [0.717, 1.165) is 32.1 Å². The number of quaternary nitrogens is 1. The van der Waals surface area contributed by atoms with Gasteiger partial charge in [0.25, 0.3) is 5.91 Å². The van der Waals surface area contributed by atoms with Crippen molar-refractivity contribution in [2.75, 3.05) is 6.54 Å². The van der Waals surface area contributed by atoms with Crippen LogP contribution >= 0.6 is 0 Å². The van der Waals surface area contributed by atoms with Crippen LogP contribution in [0.15, 0.2) is 60.7 Å². The summed E-state index contributed by atoms with van der Waals surface area (Å²) in [5.41, 5.74) is 4.70. The number of hydrogen-bond acceptors (Lipinski definition) is 4. The summed E-state index contributed by atoms with van der Waals surface area (Å²) in [5.74, 6) is -0.753. The molecule has 2 unspecified atom stereocenters. The van der Waals surface area contributed by atoms with Crippen LogP contribution in [0.1, 0.15) is 56.6 Å². The predicted molar refractivity (Wildman–Crippen MR) is 125 cm³/mol. The van der Waals surface area contributed by atoms with Crippen LogP contribution in [0.25, 0.3) is 0 Å². The summed E-state index contributed by atoms with van der Waals surface area (Å²) in [7, 11) is -3.61. The fourth-order valence-corrected chi connectivity index (χ4v) is 6.50. The molecule has 2 aromatic rings. The van der Waals surface area contributed by atoms with Crippen molar-refractivity contribution in [1.82, 2.24) is 5.43 Å². The smallest absolute Gasteiger partial charge is 0.270 e. The monoisotopic (exact) mass is 457 g/mol. The first-order valence-corrected chi connectivity index (χ1v) is 13.0. The number of carbonyl (C=O) groups excluding carboxylic acids is 2. The molecule has 0 radical (unpaired) electrons. The van der Waals surface area contributed by atoms with Gasteiger partial charge >= 0.3 is 5.91 Å². The highest BCUT2D eigenvalue weighted by Crippen LogP contribution is 2.34. The minimum Gasteiger partial charge on any atom is -0.270 e. The van der Waals surface area contributed by atoms with Crippen LogP contribution in [0.2, 0.25) is 0 Å². The Morgan fingerprint density at radius 2 is 1.47 bits per heavy atom. The van der Waals surface area contributed by atoms with Crippen LogP contribution in [-0.2, 0) is 31.6 Å². The first kappa shape index (κ1) is 24.1. The predicted octanol–water partition coefficient (Wildman–Crippen LogP) is 3.92. The first-order chi connectivity index (χ1) is 15.3. The second-order valence-corrected chi connectivity index (χ2v) is 10.8. The van der Waals surface area contributed by atoms with Crippen LogP contribution < -0.4 is 5.43 Å². The molecule has 7 heteroatoms. The molecular weight excluding hydrogens is 424 g/mol. The maximum absolute atomic E-state index is 13.1. The van der Waals surface area contributed by atoms with E-state index >= 15 is 0 Å². The van der Waals surface area contributed by atoms with Crippen molar-refractivity contribution >= 4 is 21.7 Å². The molecule has 6 nitrogen and oxygen atoms in total. The maximum Gasteiger partial charge on any atom is 0.346 e. The van der Waals surface area contributed by atoms with Crippen molar-refractivity contribution in [3.05, 3.63) is 71.8 Å². The third-order valence-corrected chi connectivity index (χ3v) is 8.18. The Balaban J connectivity index is 1.55. The summed E-state index contributed by atoms with van der Waals surface area (Å²) in [6, 6.07) is 19.3. The molecule has 0 saturated carbocycles. The molecular formula is C25H33N2O4S+. The lowest BCUT2D eigenvalue weighted by atomic mass is 10.0. The van der Waals surface area contributed by atoms with E-state index in [0.29, 0.717) is 18.5 Å². The van der Waals surface area contributed by atoms with E-state index in [1.165, 1.54) is 12.5 Å². The molecule has 0 spiro atoms. The highest BCUT2D eigenvalue weighted by atomic mass is 32.2. The zero-order valence-corrected chi connectivity index (χ0v) is 19.5. The van der Waals surface area contributed by atoms with Gasteiger partial charge in [-0.05, 0) is 36.8 Å². The summed E-state index contributed by atoms with van der Waals surface area (Å²) >= 11 is 0. The summed E-state index contributed by atoms with van der Waals surface area (Å²) in [5, 5.41) is -0.919. The second kappa shape index (κ2) is 10.9. The molecule has 0 aliphatic carbocycles. The van der Waals surface area contributed by atoms with E-state index in [1.807, 2.05) is 24.3 Å². The van der Waals surface area contributed by atoms with Crippen LogP contribution in [0.3, 0.4) is 0 Å². The quantitative estimate of drug-likeness (QED) is 0.298. The standard InChI is InChI=1S/C25H32N2O4S/c1-21(28)26-27(18-12-4-2-3-7-13-22-14-8-5-9-15-22)24(29)19-25(27)32(30,31)20-23-16-10-6-11-17-23/h5-6,8-11,14-17,25H,2-4,7,12-13,18-20H2,1H3/p+1. The van der Waals surface area contributed by atoms with Crippen molar-refractivity contribution in [1.29, 1.82) is 0 Å². The Hall–Kier alpha value is -2.51. The molecule has 1 N–H and O–H groups in total. The third kappa shape index (κ3) is 6.04. The van der Waals surface area contributed by atoms with E-state index in [9.17, 15) is 18.0 Å². The Kier molecular flexibility index (Phi) is 8.21. The number of likely N-dealkylation sites (tertiary alicyclic amines) is 1. The molecule has 1 aliphatic rings. The number of hydrogen-bond donors (Lipinski definition) is 1. The number of carbonyl (C=O) groups is 2. The number of β-lactam (4-membered cyclic amide) rings is 1. The van der Waals surface area contributed by atoms with Gasteiger partial charge in [-0.3, -0.25) is 4.79 Å². The minimum absolute atomic E-state index is 0.0491. The molecule has 1 fully saturated rings.